The van der Waals surface area contributed by atoms with Crippen LogP contribution in [0, 0.1) is 27.7 Å². The van der Waals surface area contributed by atoms with Crippen molar-refractivity contribution in [3.05, 3.63) is 58.1 Å². The Hall–Kier alpha value is -1.06. The molecule has 0 aromatic heterocycles. The Morgan fingerprint density at radius 3 is 2.08 bits per heavy atom. The summed E-state index contributed by atoms with van der Waals surface area (Å²) < 4.78 is 5.64. The van der Waals surface area contributed by atoms with Crippen molar-refractivity contribution in [2.75, 3.05) is 0 Å². The smallest absolute Gasteiger partial charge is 0.491 e. The standard InChI is InChI=1S/C20H24O2P.Li/c1-12(2)22-17-7-9-18(10-8-17)23-20(21)19-14(4)11-13(3)15(5)16(19)6;/h7-12H,1-6H3;/q-1;+1. The molecule has 0 saturated heterocycles. The second-order valence-corrected chi connectivity index (χ2v) is 7.36. The first-order valence-electron chi connectivity index (χ1n) is 7.89. The molecule has 2 rings (SSSR count). The Labute approximate surface area is 159 Å². The molecule has 2 aromatic rings. The first-order valence-corrected chi connectivity index (χ1v) is 8.79. The molecular formula is C20H24LiO2P. The molecular weight excluding hydrogens is 310 g/mol. The fraction of sp³-hybridized carbons (Fsp3) is 0.350. The van der Waals surface area contributed by atoms with Crippen LogP contribution in [0.2, 0.25) is 0 Å². The van der Waals surface area contributed by atoms with Crippen molar-refractivity contribution in [2.45, 2.75) is 47.6 Å². The first kappa shape index (κ1) is 21.0. The maximum absolute atomic E-state index is 12.7. The zero-order chi connectivity index (χ0) is 17.1. The molecule has 0 heterocycles. The van der Waals surface area contributed by atoms with Crippen molar-refractivity contribution < 1.29 is 28.4 Å². The molecule has 0 aliphatic heterocycles. The Balaban J connectivity index is 0.00000288. The molecule has 0 atom stereocenters. The molecule has 0 bridgehead atoms. The minimum atomic E-state index is 0. The summed E-state index contributed by atoms with van der Waals surface area (Å²) in [6.45, 7) is 12.2. The van der Waals surface area contributed by atoms with Crippen LogP contribution in [0.3, 0.4) is 0 Å². The van der Waals surface area contributed by atoms with Crippen molar-refractivity contribution in [1.29, 1.82) is 0 Å². The van der Waals surface area contributed by atoms with E-state index in [2.05, 4.69) is 19.9 Å². The number of rotatable bonds is 5. The number of carbonyl (C=O) groups is 1. The zero-order valence-corrected chi connectivity index (χ0v) is 16.6. The van der Waals surface area contributed by atoms with Crippen LogP contribution in [-0.2, 0) is 0 Å². The van der Waals surface area contributed by atoms with Gasteiger partial charge in [0.05, 0.1) is 6.10 Å². The summed E-state index contributed by atoms with van der Waals surface area (Å²) in [5, 5.41) is 0.989. The van der Waals surface area contributed by atoms with Crippen LogP contribution in [0.4, 0.5) is 0 Å². The molecule has 0 unspecified atom stereocenters. The Morgan fingerprint density at radius 2 is 1.54 bits per heavy atom. The van der Waals surface area contributed by atoms with Crippen molar-refractivity contribution in [3.63, 3.8) is 0 Å². The van der Waals surface area contributed by atoms with E-state index in [1.165, 1.54) is 11.1 Å². The van der Waals surface area contributed by atoms with Gasteiger partial charge in [-0.25, -0.2) is 0 Å². The molecule has 0 spiro atoms. The monoisotopic (exact) mass is 334 g/mol. The molecule has 0 aliphatic rings. The normalized spacial score (nSPS) is 11.0. The van der Waals surface area contributed by atoms with Crippen molar-refractivity contribution in [3.8, 4) is 5.75 Å². The minimum Gasteiger partial charge on any atom is -0.491 e. The van der Waals surface area contributed by atoms with E-state index in [0.717, 1.165) is 27.7 Å². The Morgan fingerprint density at radius 1 is 0.958 bits per heavy atom. The summed E-state index contributed by atoms with van der Waals surface area (Å²) in [5.41, 5.74) is 5.61. The third-order valence-corrected chi connectivity index (χ3v) is 4.99. The molecule has 2 nitrogen and oxygen atoms in total. The largest absolute Gasteiger partial charge is 1.00 e. The van der Waals surface area contributed by atoms with Crippen LogP contribution in [0.15, 0.2) is 30.3 Å². The van der Waals surface area contributed by atoms with Crippen LogP contribution < -0.4 is 28.9 Å². The third kappa shape index (κ3) is 4.97. The fourth-order valence-corrected chi connectivity index (χ4v) is 3.65. The summed E-state index contributed by atoms with van der Waals surface area (Å²) in [6, 6.07) is 9.88. The second-order valence-electron chi connectivity index (χ2n) is 6.21. The number of benzene rings is 2. The summed E-state index contributed by atoms with van der Waals surface area (Å²) in [4.78, 5) is 12.7. The second kappa shape index (κ2) is 8.86. The van der Waals surface area contributed by atoms with Gasteiger partial charge in [-0.2, -0.15) is 5.30 Å². The van der Waals surface area contributed by atoms with E-state index in [9.17, 15) is 4.79 Å². The molecule has 0 aliphatic carbocycles. The zero-order valence-electron chi connectivity index (χ0n) is 15.7. The van der Waals surface area contributed by atoms with E-state index in [4.69, 9.17) is 4.74 Å². The quantitative estimate of drug-likeness (QED) is 0.618. The maximum Gasteiger partial charge on any atom is 1.00 e. The predicted octanol–water partition coefficient (Wildman–Crippen LogP) is 2.12. The number of ether oxygens (including phenoxy) is 1. The molecule has 0 amide bonds. The molecule has 0 saturated carbocycles. The average Bonchev–Trinajstić information content (AvgIpc) is 2.46. The minimum absolute atomic E-state index is 0. The third-order valence-electron chi connectivity index (χ3n) is 4.01. The summed E-state index contributed by atoms with van der Waals surface area (Å²) in [5.74, 6) is 0.838. The molecule has 2 aromatic carbocycles. The van der Waals surface area contributed by atoms with Crippen LogP contribution in [-0.4, -0.2) is 11.6 Å². The van der Waals surface area contributed by atoms with Gasteiger partial charge in [-0.15, -0.1) is 0 Å². The van der Waals surface area contributed by atoms with E-state index in [1.54, 1.807) is 0 Å². The van der Waals surface area contributed by atoms with Crippen LogP contribution in [0.5, 0.6) is 5.75 Å². The van der Waals surface area contributed by atoms with Gasteiger partial charge < -0.3 is 18.1 Å². The predicted molar refractivity (Wildman–Crippen MR) is 98.5 cm³/mol. The van der Waals surface area contributed by atoms with Gasteiger partial charge in [0.25, 0.3) is 0 Å². The number of aryl methyl sites for hydroxylation is 2. The Kier molecular flexibility index (Phi) is 7.75. The van der Waals surface area contributed by atoms with Crippen molar-refractivity contribution in [2.24, 2.45) is 0 Å². The van der Waals surface area contributed by atoms with E-state index in [1.807, 2.05) is 52.0 Å². The van der Waals surface area contributed by atoms with Crippen molar-refractivity contribution >= 4 is 19.4 Å². The van der Waals surface area contributed by atoms with Crippen LogP contribution in [0.25, 0.3) is 0 Å². The van der Waals surface area contributed by atoms with Gasteiger partial charge >= 0.3 is 18.9 Å². The van der Waals surface area contributed by atoms with E-state index >= 15 is 0 Å². The molecule has 0 N–H and O–H groups in total. The number of carbonyl (C=O) groups excluding carboxylic acids is 1. The van der Waals surface area contributed by atoms with E-state index in [-0.39, 0.29) is 30.5 Å². The first-order chi connectivity index (χ1) is 10.8. The fourth-order valence-electron chi connectivity index (χ4n) is 2.66. The summed E-state index contributed by atoms with van der Waals surface area (Å²) >= 11 is 0. The van der Waals surface area contributed by atoms with E-state index < -0.39 is 0 Å². The molecule has 24 heavy (non-hydrogen) atoms. The van der Waals surface area contributed by atoms with Crippen LogP contribution in [0.1, 0.15) is 46.5 Å². The molecule has 0 radical (unpaired) electrons. The van der Waals surface area contributed by atoms with Crippen molar-refractivity contribution in [1.82, 2.24) is 0 Å². The molecule has 0 fully saturated rings. The Bertz CT molecular complexity index is 721. The van der Waals surface area contributed by atoms with Gasteiger partial charge in [0.2, 0.25) is 0 Å². The molecule has 4 heteroatoms. The van der Waals surface area contributed by atoms with Gasteiger partial charge in [-0.05, 0) is 81.5 Å². The summed E-state index contributed by atoms with van der Waals surface area (Å²) in [6.07, 6.45) is 0.154. The maximum atomic E-state index is 12.7. The van der Waals surface area contributed by atoms with E-state index in [0.29, 0.717) is 8.58 Å². The average molecular weight is 334 g/mol. The van der Waals surface area contributed by atoms with Gasteiger partial charge in [-0.1, -0.05) is 18.2 Å². The number of hydrogen-bond donors (Lipinski definition) is 0. The molecule has 122 valence electrons. The SMILES string of the molecule is Cc1cc(C)c(C(=O)[P-]c2ccc(OC(C)C)cc2)c(C)c1C.[Li+]. The van der Waals surface area contributed by atoms with Gasteiger partial charge in [0, 0.05) is 5.52 Å². The van der Waals surface area contributed by atoms with Gasteiger partial charge in [0.15, 0.2) is 0 Å². The topological polar surface area (TPSA) is 26.3 Å². The van der Waals surface area contributed by atoms with Gasteiger partial charge in [-0.3, -0.25) is 0 Å². The van der Waals surface area contributed by atoms with Crippen LogP contribution >= 0.6 is 8.58 Å². The number of hydrogen-bond acceptors (Lipinski definition) is 2. The van der Waals surface area contributed by atoms with Gasteiger partial charge in [0.1, 0.15) is 5.75 Å². The summed E-state index contributed by atoms with van der Waals surface area (Å²) in [7, 11) is 0.706.